The molecule has 1 aliphatic rings. The monoisotopic (exact) mass is 476 g/mol. The van der Waals surface area contributed by atoms with Gasteiger partial charge in [0.25, 0.3) is 10.0 Å². The van der Waals surface area contributed by atoms with E-state index in [9.17, 15) is 21.6 Å². The highest BCUT2D eigenvalue weighted by Gasteiger charge is 2.36. The van der Waals surface area contributed by atoms with Crippen LogP contribution in [-0.4, -0.2) is 31.7 Å². The van der Waals surface area contributed by atoms with Crippen LogP contribution >= 0.6 is 0 Å². The number of anilines is 2. The van der Waals surface area contributed by atoms with Crippen LogP contribution in [0.3, 0.4) is 0 Å². The normalized spacial score (nSPS) is 15.2. The second kappa shape index (κ2) is 9.38. The predicted molar refractivity (Wildman–Crippen MR) is 120 cm³/mol. The van der Waals surface area contributed by atoms with Crippen LogP contribution in [0.5, 0.6) is 0 Å². The number of sulfonamides is 1. The van der Waals surface area contributed by atoms with E-state index in [2.05, 4.69) is 19.8 Å². The quantitative estimate of drug-likeness (QED) is 0.538. The van der Waals surface area contributed by atoms with Gasteiger partial charge in [0.2, 0.25) is 0 Å². The third kappa shape index (κ3) is 5.44. The fourth-order valence-corrected chi connectivity index (χ4v) is 5.09. The maximum atomic E-state index is 13.2. The van der Waals surface area contributed by atoms with Gasteiger partial charge in [-0.15, -0.1) is 10.2 Å². The third-order valence-corrected chi connectivity index (χ3v) is 6.93. The van der Waals surface area contributed by atoms with Gasteiger partial charge in [0, 0.05) is 24.3 Å². The van der Waals surface area contributed by atoms with Crippen LogP contribution in [0, 0.1) is 0 Å². The summed E-state index contributed by atoms with van der Waals surface area (Å²) in [5, 5.41) is 8.62. The van der Waals surface area contributed by atoms with Crippen LogP contribution in [0.15, 0.2) is 65.6 Å². The highest BCUT2D eigenvalue weighted by molar-refractivity contribution is 7.92. The number of nitrogens with zero attached hydrogens (tertiary/aromatic N) is 3. The zero-order chi connectivity index (χ0) is 23.5. The SMILES string of the molecule is O=S(=O)(Nc1ccc(-c2ccc(N3CCCCCC3)nn2)cc1)c1ccccc1C(F)(F)F. The Morgan fingerprint density at radius 3 is 2.09 bits per heavy atom. The Kier molecular flexibility index (Phi) is 6.55. The zero-order valence-electron chi connectivity index (χ0n) is 17.7. The minimum atomic E-state index is -4.78. The second-order valence-electron chi connectivity index (χ2n) is 7.85. The first-order valence-electron chi connectivity index (χ1n) is 10.6. The molecule has 0 aliphatic carbocycles. The number of hydrogen-bond acceptors (Lipinski definition) is 5. The molecular weight excluding hydrogens is 453 g/mol. The highest BCUT2D eigenvalue weighted by Crippen LogP contribution is 2.34. The van der Waals surface area contributed by atoms with Gasteiger partial charge in [-0.1, -0.05) is 37.1 Å². The molecule has 10 heteroatoms. The molecule has 6 nitrogen and oxygen atoms in total. The van der Waals surface area contributed by atoms with Crippen molar-refractivity contribution in [2.24, 2.45) is 0 Å². The molecule has 0 saturated carbocycles. The van der Waals surface area contributed by atoms with E-state index in [4.69, 9.17) is 0 Å². The maximum absolute atomic E-state index is 13.2. The molecule has 0 amide bonds. The minimum Gasteiger partial charge on any atom is -0.355 e. The van der Waals surface area contributed by atoms with E-state index in [0.717, 1.165) is 49.9 Å². The average molecular weight is 477 g/mol. The lowest BCUT2D eigenvalue weighted by molar-refractivity contribution is -0.139. The summed E-state index contributed by atoms with van der Waals surface area (Å²) in [5.41, 5.74) is 0.257. The van der Waals surface area contributed by atoms with Gasteiger partial charge in [-0.3, -0.25) is 4.72 Å². The number of aromatic nitrogens is 2. The summed E-state index contributed by atoms with van der Waals surface area (Å²) in [7, 11) is -4.43. The van der Waals surface area contributed by atoms with E-state index in [-0.39, 0.29) is 5.69 Å². The van der Waals surface area contributed by atoms with Gasteiger partial charge < -0.3 is 4.90 Å². The molecule has 1 saturated heterocycles. The smallest absolute Gasteiger partial charge is 0.355 e. The topological polar surface area (TPSA) is 75.2 Å². The molecule has 0 unspecified atom stereocenters. The Balaban J connectivity index is 1.50. The van der Waals surface area contributed by atoms with Gasteiger partial charge in [0.1, 0.15) is 0 Å². The summed E-state index contributed by atoms with van der Waals surface area (Å²) in [6.07, 6.45) is -0.0737. The summed E-state index contributed by atoms with van der Waals surface area (Å²) in [6, 6.07) is 14.1. The average Bonchev–Trinajstić information content (AvgIpc) is 3.09. The van der Waals surface area contributed by atoms with Gasteiger partial charge in [-0.05, 0) is 49.2 Å². The molecule has 1 fully saturated rings. The molecule has 1 N–H and O–H groups in total. The molecule has 0 spiro atoms. The van der Waals surface area contributed by atoms with Crippen LogP contribution in [0.25, 0.3) is 11.3 Å². The van der Waals surface area contributed by atoms with Crippen LogP contribution in [-0.2, 0) is 16.2 Å². The number of nitrogens with one attached hydrogen (secondary N) is 1. The lowest BCUT2D eigenvalue weighted by Gasteiger charge is -2.20. The Morgan fingerprint density at radius 1 is 0.818 bits per heavy atom. The largest absolute Gasteiger partial charge is 0.417 e. The van der Waals surface area contributed by atoms with Crippen molar-refractivity contribution in [2.75, 3.05) is 22.7 Å². The van der Waals surface area contributed by atoms with Crippen molar-refractivity contribution in [3.63, 3.8) is 0 Å². The fraction of sp³-hybridized carbons (Fsp3) is 0.304. The van der Waals surface area contributed by atoms with Crippen LogP contribution in [0.2, 0.25) is 0 Å². The highest BCUT2D eigenvalue weighted by atomic mass is 32.2. The van der Waals surface area contributed by atoms with Crippen molar-refractivity contribution in [3.8, 4) is 11.3 Å². The van der Waals surface area contributed by atoms with Crippen LogP contribution in [0.4, 0.5) is 24.7 Å². The summed E-state index contributed by atoms with van der Waals surface area (Å²) in [4.78, 5) is 1.40. The minimum absolute atomic E-state index is 0.143. The lowest BCUT2D eigenvalue weighted by atomic mass is 10.1. The van der Waals surface area contributed by atoms with Gasteiger partial charge in [0.05, 0.1) is 16.2 Å². The van der Waals surface area contributed by atoms with E-state index in [1.807, 2.05) is 12.1 Å². The Hall–Kier alpha value is -3.14. The zero-order valence-corrected chi connectivity index (χ0v) is 18.5. The predicted octanol–water partition coefficient (Wildman–Crippen LogP) is 5.34. The molecule has 2 aromatic carbocycles. The number of alkyl halides is 3. The van der Waals surface area contributed by atoms with E-state index >= 15 is 0 Å². The van der Waals surface area contributed by atoms with E-state index in [0.29, 0.717) is 11.3 Å². The molecular formula is C23H23F3N4O2S. The molecule has 33 heavy (non-hydrogen) atoms. The molecule has 0 radical (unpaired) electrons. The van der Waals surface area contributed by atoms with Gasteiger partial charge in [-0.25, -0.2) is 8.42 Å². The molecule has 4 rings (SSSR count). The van der Waals surface area contributed by atoms with Crippen molar-refractivity contribution < 1.29 is 21.6 Å². The first-order valence-corrected chi connectivity index (χ1v) is 12.1. The first kappa shape index (κ1) is 23.0. The molecule has 2 heterocycles. The molecule has 174 valence electrons. The molecule has 3 aromatic rings. The summed E-state index contributed by atoms with van der Waals surface area (Å²) in [5.74, 6) is 0.827. The second-order valence-corrected chi connectivity index (χ2v) is 9.51. The van der Waals surface area contributed by atoms with Crippen LogP contribution < -0.4 is 9.62 Å². The van der Waals surface area contributed by atoms with E-state index in [1.54, 1.807) is 12.1 Å². The Labute approximate surface area is 190 Å². The van der Waals surface area contributed by atoms with Crippen molar-refractivity contribution in [3.05, 3.63) is 66.2 Å². The van der Waals surface area contributed by atoms with Crippen molar-refractivity contribution in [1.82, 2.24) is 10.2 Å². The van der Waals surface area contributed by atoms with Gasteiger partial charge >= 0.3 is 6.18 Å². The Morgan fingerprint density at radius 2 is 1.48 bits per heavy atom. The number of rotatable bonds is 5. The molecule has 0 atom stereocenters. The van der Waals surface area contributed by atoms with E-state index < -0.39 is 26.7 Å². The van der Waals surface area contributed by atoms with Crippen molar-refractivity contribution in [1.29, 1.82) is 0 Å². The molecule has 0 bridgehead atoms. The fourth-order valence-electron chi connectivity index (χ4n) is 3.80. The van der Waals surface area contributed by atoms with Gasteiger partial charge in [-0.2, -0.15) is 13.2 Å². The number of halogens is 3. The standard InChI is InChI=1S/C23H23F3N4O2S/c24-23(25,26)19-7-3-4-8-21(19)33(31,32)29-18-11-9-17(10-12-18)20-13-14-22(28-27-20)30-15-5-1-2-6-16-30/h3-4,7-14,29H,1-2,5-6,15-16H2. The number of benzene rings is 2. The number of hydrogen-bond donors (Lipinski definition) is 1. The molecule has 1 aliphatic heterocycles. The van der Waals surface area contributed by atoms with E-state index in [1.165, 1.54) is 31.0 Å². The molecule has 1 aromatic heterocycles. The summed E-state index contributed by atoms with van der Waals surface area (Å²) in [6.45, 7) is 1.92. The van der Waals surface area contributed by atoms with Crippen molar-refractivity contribution >= 4 is 21.5 Å². The summed E-state index contributed by atoms with van der Waals surface area (Å²) < 4.78 is 67.1. The van der Waals surface area contributed by atoms with Crippen LogP contribution in [0.1, 0.15) is 31.2 Å². The van der Waals surface area contributed by atoms with Gasteiger partial charge in [0.15, 0.2) is 5.82 Å². The Bertz CT molecular complexity index is 1190. The van der Waals surface area contributed by atoms with Crippen molar-refractivity contribution in [2.45, 2.75) is 36.8 Å². The summed E-state index contributed by atoms with van der Waals surface area (Å²) >= 11 is 0. The lowest BCUT2D eigenvalue weighted by Crippen LogP contribution is -2.25. The maximum Gasteiger partial charge on any atom is 0.417 e. The first-order chi connectivity index (χ1) is 15.7. The third-order valence-electron chi connectivity index (χ3n) is 5.50.